The predicted octanol–water partition coefficient (Wildman–Crippen LogP) is 4.75. The van der Waals surface area contributed by atoms with Gasteiger partial charge in [0.2, 0.25) is 0 Å². The average molecular weight is 275 g/mol. The van der Waals surface area contributed by atoms with Crippen LogP contribution in [0, 0.1) is 34.5 Å². The number of rotatable bonds is 3. The Morgan fingerprint density at radius 3 is 1.85 bits per heavy atom. The molecule has 1 unspecified atom stereocenters. The van der Waals surface area contributed by atoms with Crippen LogP contribution in [-0.2, 0) is 0 Å². The summed E-state index contributed by atoms with van der Waals surface area (Å²) < 4.78 is 0. The molecule has 114 valence electrons. The second-order valence-corrected chi connectivity index (χ2v) is 9.15. The Bertz CT molecular complexity index is 333. The Labute approximate surface area is 125 Å². The van der Waals surface area contributed by atoms with Gasteiger partial charge in [-0.1, -0.05) is 26.2 Å². The van der Waals surface area contributed by atoms with Gasteiger partial charge < -0.3 is 5.73 Å². The Kier molecular flexibility index (Phi) is 3.22. The molecule has 1 atom stereocenters. The summed E-state index contributed by atoms with van der Waals surface area (Å²) in [7, 11) is 0. The summed E-state index contributed by atoms with van der Waals surface area (Å²) >= 11 is 0. The van der Waals surface area contributed by atoms with E-state index in [1.165, 1.54) is 51.4 Å². The van der Waals surface area contributed by atoms with E-state index in [0.29, 0.717) is 10.8 Å². The molecule has 0 saturated heterocycles. The molecule has 0 radical (unpaired) electrons. The zero-order chi connectivity index (χ0) is 13.8. The molecule has 5 aliphatic rings. The molecule has 2 N–H and O–H groups in total. The second-order valence-electron chi connectivity index (χ2n) is 9.15. The first-order chi connectivity index (χ1) is 9.65. The Hall–Kier alpha value is -0.0400. The van der Waals surface area contributed by atoms with E-state index in [9.17, 15) is 0 Å². The lowest BCUT2D eigenvalue weighted by molar-refractivity contribution is -0.147. The standard InChI is InChI=1S/C19H33N/c1-18(13-20,17-5-3-2-4-6-17)19-10-14-7-15(11-19)9-16(8-14)12-19/h14-17H,2-13,20H2,1H3. The monoisotopic (exact) mass is 275 g/mol. The van der Waals surface area contributed by atoms with E-state index in [1.54, 1.807) is 19.3 Å². The smallest absolute Gasteiger partial charge is 0.00152 e. The summed E-state index contributed by atoms with van der Waals surface area (Å²) in [5.41, 5.74) is 7.54. The maximum absolute atomic E-state index is 6.46. The van der Waals surface area contributed by atoms with Gasteiger partial charge in [-0.2, -0.15) is 0 Å². The van der Waals surface area contributed by atoms with E-state index in [2.05, 4.69) is 6.92 Å². The predicted molar refractivity (Wildman–Crippen MR) is 84.3 cm³/mol. The highest BCUT2D eigenvalue weighted by atomic mass is 14.7. The molecule has 5 fully saturated rings. The van der Waals surface area contributed by atoms with Crippen molar-refractivity contribution >= 4 is 0 Å². The lowest BCUT2D eigenvalue weighted by Crippen LogP contribution is -2.58. The molecule has 1 heteroatoms. The van der Waals surface area contributed by atoms with E-state index in [1.807, 2.05) is 0 Å². The van der Waals surface area contributed by atoms with Crippen LogP contribution in [0.4, 0.5) is 0 Å². The largest absolute Gasteiger partial charge is 0.330 e. The first-order valence-electron chi connectivity index (χ1n) is 9.35. The van der Waals surface area contributed by atoms with Crippen LogP contribution in [0.3, 0.4) is 0 Å². The van der Waals surface area contributed by atoms with Crippen molar-refractivity contribution in [2.24, 2.45) is 40.2 Å². The third-order valence-electron chi connectivity index (χ3n) is 8.18. The highest BCUT2D eigenvalue weighted by Gasteiger charge is 2.59. The molecule has 0 aromatic rings. The minimum absolute atomic E-state index is 0.448. The maximum Gasteiger partial charge on any atom is -0.00152 e. The van der Waals surface area contributed by atoms with E-state index < -0.39 is 0 Å². The Morgan fingerprint density at radius 1 is 0.900 bits per heavy atom. The van der Waals surface area contributed by atoms with Crippen LogP contribution >= 0.6 is 0 Å². The van der Waals surface area contributed by atoms with Gasteiger partial charge >= 0.3 is 0 Å². The van der Waals surface area contributed by atoms with Gasteiger partial charge in [-0.15, -0.1) is 0 Å². The van der Waals surface area contributed by atoms with Crippen molar-refractivity contribution in [2.75, 3.05) is 6.54 Å². The highest BCUT2D eigenvalue weighted by molar-refractivity contribution is 5.10. The summed E-state index contributed by atoms with van der Waals surface area (Å²) in [5, 5.41) is 0. The minimum Gasteiger partial charge on any atom is -0.330 e. The SMILES string of the molecule is CC(CN)(C1CCCCC1)C12CC3CC(CC(C3)C1)C2. The molecule has 4 bridgehead atoms. The molecule has 0 aliphatic heterocycles. The van der Waals surface area contributed by atoms with Crippen LogP contribution in [0.1, 0.15) is 77.6 Å². The molecule has 0 spiro atoms. The molecule has 20 heavy (non-hydrogen) atoms. The van der Waals surface area contributed by atoms with Gasteiger partial charge in [-0.05, 0) is 92.4 Å². The van der Waals surface area contributed by atoms with Gasteiger partial charge in [0.05, 0.1) is 0 Å². The topological polar surface area (TPSA) is 26.0 Å². The van der Waals surface area contributed by atoms with Crippen LogP contribution in [0.5, 0.6) is 0 Å². The van der Waals surface area contributed by atoms with Gasteiger partial charge in [-0.25, -0.2) is 0 Å². The highest BCUT2D eigenvalue weighted by Crippen LogP contribution is 2.68. The van der Waals surface area contributed by atoms with Crippen molar-refractivity contribution in [2.45, 2.75) is 77.6 Å². The summed E-state index contributed by atoms with van der Waals surface area (Å²) in [6.07, 6.45) is 16.6. The third kappa shape index (κ3) is 1.84. The fourth-order valence-electron chi connectivity index (χ4n) is 7.37. The van der Waals surface area contributed by atoms with E-state index in [4.69, 9.17) is 5.73 Å². The lowest BCUT2D eigenvalue weighted by atomic mass is 9.40. The molecular formula is C19H33N. The van der Waals surface area contributed by atoms with Crippen LogP contribution in [0.15, 0.2) is 0 Å². The number of hydrogen-bond acceptors (Lipinski definition) is 1. The lowest BCUT2D eigenvalue weighted by Gasteiger charge is -2.65. The normalized spacial score (nSPS) is 47.4. The van der Waals surface area contributed by atoms with Crippen molar-refractivity contribution in [1.82, 2.24) is 0 Å². The molecule has 1 nitrogen and oxygen atoms in total. The summed E-state index contributed by atoms with van der Waals surface area (Å²) in [4.78, 5) is 0. The van der Waals surface area contributed by atoms with E-state index in [-0.39, 0.29) is 0 Å². The fraction of sp³-hybridized carbons (Fsp3) is 1.00. The Balaban J connectivity index is 1.65. The van der Waals surface area contributed by atoms with Crippen molar-refractivity contribution in [1.29, 1.82) is 0 Å². The summed E-state index contributed by atoms with van der Waals surface area (Å²) in [5.74, 6) is 4.12. The van der Waals surface area contributed by atoms with Gasteiger partial charge in [0, 0.05) is 0 Å². The molecule has 0 aromatic carbocycles. The summed E-state index contributed by atoms with van der Waals surface area (Å²) in [6, 6.07) is 0. The van der Waals surface area contributed by atoms with Crippen molar-refractivity contribution < 1.29 is 0 Å². The first-order valence-corrected chi connectivity index (χ1v) is 9.35. The summed E-state index contributed by atoms with van der Waals surface area (Å²) in [6.45, 7) is 3.56. The molecule has 0 amide bonds. The molecule has 5 rings (SSSR count). The van der Waals surface area contributed by atoms with Crippen LogP contribution in [0.2, 0.25) is 0 Å². The van der Waals surface area contributed by atoms with Gasteiger partial charge in [0.25, 0.3) is 0 Å². The molecule has 5 aliphatic carbocycles. The third-order valence-corrected chi connectivity index (χ3v) is 8.18. The minimum atomic E-state index is 0.448. The zero-order valence-corrected chi connectivity index (χ0v) is 13.4. The van der Waals surface area contributed by atoms with Crippen molar-refractivity contribution in [3.63, 3.8) is 0 Å². The Morgan fingerprint density at radius 2 is 1.40 bits per heavy atom. The van der Waals surface area contributed by atoms with Crippen LogP contribution < -0.4 is 5.73 Å². The molecule has 5 saturated carbocycles. The average Bonchev–Trinajstić information content (AvgIpc) is 2.46. The maximum atomic E-state index is 6.46. The zero-order valence-electron chi connectivity index (χ0n) is 13.4. The quantitative estimate of drug-likeness (QED) is 0.790. The first kappa shape index (κ1) is 13.6. The molecule has 0 heterocycles. The molecular weight excluding hydrogens is 242 g/mol. The molecule has 0 aromatic heterocycles. The van der Waals surface area contributed by atoms with E-state index >= 15 is 0 Å². The van der Waals surface area contributed by atoms with Crippen LogP contribution in [0.25, 0.3) is 0 Å². The van der Waals surface area contributed by atoms with Crippen molar-refractivity contribution in [3.05, 3.63) is 0 Å². The van der Waals surface area contributed by atoms with Gasteiger partial charge in [0.1, 0.15) is 0 Å². The van der Waals surface area contributed by atoms with Gasteiger partial charge in [-0.3, -0.25) is 0 Å². The van der Waals surface area contributed by atoms with Gasteiger partial charge in [0.15, 0.2) is 0 Å². The fourth-order valence-corrected chi connectivity index (χ4v) is 7.37. The number of hydrogen-bond donors (Lipinski definition) is 1. The van der Waals surface area contributed by atoms with Crippen molar-refractivity contribution in [3.8, 4) is 0 Å². The number of nitrogens with two attached hydrogens (primary N) is 1. The van der Waals surface area contributed by atoms with Crippen LogP contribution in [-0.4, -0.2) is 6.54 Å². The second kappa shape index (κ2) is 4.73. The van der Waals surface area contributed by atoms with E-state index in [0.717, 1.165) is 30.2 Å².